The molecule has 0 fully saturated rings. The van der Waals surface area contributed by atoms with Crippen LogP contribution in [-0.2, 0) is 4.74 Å². The monoisotopic (exact) mass is 302 g/mol. The largest absolute Gasteiger partial charge is 0.498 e. The minimum atomic E-state index is 0.465. The summed E-state index contributed by atoms with van der Waals surface area (Å²) in [5, 5.41) is 8.82. The predicted molar refractivity (Wildman–Crippen MR) is 83.7 cm³/mol. The summed E-state index contributed by atoms with van der Waals surface area (Å²) in [5.41, 5.74) is 1.37. The molecule has 5 heteroatoms. The molecule has 4 nitrogen and oxygen atoms in total. The molecule has 0 amide bonds. The maximum Gasteiger partial charge on any atom is 0.122 e. The van der Waals surface area contributed by atoms with Crippen molar-refractivity contribution in [2.75, 3.05) is 13.2 Å². The van der Waals surface area contributed by atoms with Gasteiger partial charge in [-0.25, -0.2) is 0 Å². The van der Waals surface area contributed by atoms with Gasteiger partial charge in [0.1, 0.15) is 24.7 Å². The molecule has 0 aliphatic carbocycles. The van der Waals surface area contributed by atoms with Crippen LogP contribution in [0.1, 0.15) is 0 Å². The van der Waals surface area contributed by atoms with Crippen molar-refractivity contribution in [2.24, 2.45) is 10.2 Å². The van der Waals surface area contributed by atoms with Gasteiger partial charge in [0.05, 0.1) is 17.0 Å². The first-order valence-electron chi connectivity index (χ1n) is 6.41. The Kier molecular flexibility index (Phi) is 5.79. The molecular weight excluding hydrogens is 288 g/mol. The molecule has 0 aromatic heterocycles. The van der Waals surface area contributed by atoms with Crippen molar-refractivity contribution in [3.63, 3.8) is 0 Å². The number of hydrogen-bond acceptors (Lipinski definition) is 4. The fourth-order valence-electron chi connectivity index (χ4n) is 1.54. The van der Waals surface area contributed by atoms with E-state index < -0.39 is 0 Å². The molecule has 0 aliphatic heterocycles. The lowest BCUT2D eigenvalue weighted by Gasteiger charge is -2.05. The van der Waals surface area contributed by atoms with Crippen LogP contribution >= 0.6 is 11.6 Å². The summed E-state index contributed by atoms with van der Waals surface area (Å²) in [6, 6.07) is 14.6. The minimum Gasteiger partial charge on any atom is -0.498 e. The van der Waals surface area contributed by atoms with Gasteiger partial charge in [0.25, 0.3) is 0 Å². The second-order valence-electron chi connectivity index (χ2n) is 4.03. The van der Waals surface area contributed by atoms with Crippen molar-refractivity contribution in [3.8, 4) is 5.75 Å². The molecular formula is C16H15ClN2O2. The van der Waals surface area contributed by atoms with Gasteiger partial charge in [-0.15, -0.1) is 5.11 Å². The quantitative estimate of drug-likeness (QED) is 0.396. The van der Waals surface area contributed by atoms with Crippen molar-refractivity contribution in [1.29, 1.82) is 0 Å². The Morgan fingerprint density at radius 1 is 1.00 bits per heavy atom. The van der Waals surface area contributed by atoms with Gasteiger partial charge in [-0.1, -0.05) is 30.3 Å². The van der Waals surface area contributed by atoms with Crippen molar-refractivity contribution in [1.82, 2.24) is 0 Å². The van der Waals surface area contributed by atoms with E-state index in [4.69, 9.17) is 21.1 Å². The summed E-state index contributed by atoms with van der Waals surface area (Å²) in [6.45, 7) is 4.39. The van der Waals surface area contributed by atoms with Crippen LogP contribution in [0.2, 0.25) is 5.02 Å². The summed E-state index contributed by atoms with van der Waals surface area (Å²) >= 11 is 6.01. The average Bonchev–Trinajstić information content (AvgIpc) is 2.52. The first-order chi connectivity index (χ1) is 10.3. The highest BCUT2D eigenvalue weighted by Gasteiger charge is 1.97. The van der Waals surface area contributed by atoms with Gasteiger partial charge in [-0.3, -0.25) is 0 Å². The van der Waals surface area contributed by atoms with Crippen molar-refractivity contribution >= 4 is 23.0 Å². The number of ether oxygens (including phenoxy) is 2. The zero-order valence-electron chi connectivity index (χ0n) is 11.4. The second kappa shape index (κ2) is 8.07. The predicted octanol–water partition coefficient (Wildman–Crippen LogP) is 5.29. The number of rotatable bonds is 7. The molecule has 0 spiro atoms. The Hall–Kier alpha value is -2.33. The van der Waals surface area contributed by atoms with Gasteiger partial charge in [0.15, 0.2) is 0 Å². The third-order valence-electron chi connectivity index (χ3n) is 2.55. The summed E-state index contributed by atoms with van der Waals surface area (Å²) in [6.07, 6.45) is 1.39. The van der Waals surface area contributed by atoms with Gasteiger partial charge in [-0.2, -0.15) is 5.11 Å². The molecule has 0 saturated heterocycles. The smallest absolute Gasteiger partial charge is 0.122 e. The molecule has 0 saturated carbocycles. The lowest BCUT2D eigenvalue weighted by atomic mass is 10.3. The van der Waals surface area contributed by atoms with E-state index in [-0.39, 0.29) is 0 Å². The van der Waals surface area contributed by atoms with E-state index >= 15 is 0 Å². The third kappa shape index (κ3) is 4.93. The molecule has 2 aromatic carbocycles. The average molecular weight is 303 g/mol. The molecule has 0 aliphatic rings. The zero-order valence-corrected chi connectivity index (χ0v) is 12.2. The Balaban J connectivity index is 1.93. The van der Waals surface area contributed by atoms with E-state index in [1.807, 2.05) is 42.5 Å². The fourth-order valence-corrected chi connectivity index (χ4v) is 1.72. The molecule has 0 radical (unpaired) electrons. The number of halogens is 1. The summed E-state index contributed by atoms with van der Waals surface area (Å²) in [5.74, 6) is 0.749. The van der Waals surface area contributed by atoms with Crippen LogP contribution in [0.25, 0.3) is 0 Å². The first-order valence-corrected chi connectivity index (χ1v) is 6.79. The fraction of sp³-hybridized carbons (Fsp3) is 0.125. The van der Waals surface area contributed by atoms with E-state index in [2.05, 4.69) is 16.8 Å². The zero-order chi connectivity index (χ0) is 14.9. The van der Waals surface area contributed by atoms with Crippen molar-refractivity contribution in [3.05, 3.63) is 66.4 Å². The van der Waals surface area contributed by atoms with Crippen LogP contribution < -0.4 is 4.74 Å². The van der Waals surface area contributed by atoms with Crippen LogP contribution in [-0.4, -0.2) is 13.2 Å². The topological polar surface area (TPSA) is 43.2 Å². The van der Waals surface area contributed by atoms with Crippen LogP contribution in [0.3, 0.4) is 0 Å². The van der Waals surface area contributed by atoms with Gasteiger partial charge >= 0.3 is 0 Å². The van der Waals surface area contributed by atoms with Gasteiger partial charge in [0.2, 0.25) is 0 Å². The highest BCUT2D eigenvalue weighted by molar-refractivity contribution is 6.32. The number of benzene rings is 2. The lowest BCUT2D eigenvalue weighted by Crippen LogP contribution is -2.03. The molecule has 2 aromatic rings. The maximum atomic E-state index is 6.01. The molecule has 2 rings (SSSR count). The maximum absolute atomic E-state index is 6.01. The third-order valence-corrected chi connectivity index (χ3v) is 2.87. The molecule has 0 unspecified atom stereocenters. The van der Waals surface area contributed by atoms with Gasteiger partial charge < -0.3 is 9.47 Å². The van der Waals surface area contributed by atoms with Crippen molar-refractivity contribution < 1.29 is 9.47 Å². The molecule has 0 atom stereocenters. The molecule has 0 N–H and O–H groups in total. The Morgan fingerprint density at radius 2 is 1.76 bits per heavy atom. The summed E-state index contributed by atoms with van der Waals surface area (Å²) in [4.78, 5) is 0. The van der Waals surface area contributed by atoms with Crippen molar-refractivity contribution in [2.45, 2.75) is 0 Å². The summed E-state index contributed by atoms with van der Waals surface area (Å²) in [7, 11) is 0. The summed E-state index contributed by atoms with van der Waals surface area (Å²) < 4.78 is 10.4. The van der Waals surface area contributed by atoms with Crippen LogP contribution in [0.4, 0.5) is 11.4 Å². The SMILES string of the molecule is C=COCCOc1ccc(/N=N/c2ccccc2Cl)cc1. The lowest BCUT2D eigenvalue weighted by molar-refractivity contribution is 0.179. The van der Waals surface area contributed by atoms with E-state index in [9.17, 15) is 0 Å². The number of hydrogen-bond donors (Lipinski definition) is 0. The van der Waals surface area contributed by atoms with Gasteiger partial charge in [-0.05, 0) is 36.4 Å². The van der Waals surface area contributed by atoms with E-state index in [0.717, 1.165) is 11.4 Å². The van der Waals surface area contributed by atoms with Crippen LogP contribution in [0.15, 0.2) is 71.6 Å². The minimum absolute atomic E-state index is 0.465. The Labute approximate surface area is 128 Å². The highest BCUT2D eigenvalue weighted by Crippen LogP contribution is 2.26. The van der Waals surface area contributed by atoms with Gasteiger partial charge in [0, 0.05) is 0 Å². The van der Waals surface area contributed by atoms with E-state index in [0.29, 0.717) is 23.9 Å². The Morgan fingerprint density at radius 3 is 2.48 bits per heavy atom. The molecule has 108 valence electrons. The first kappa shape index (κ1) is 15.1. The van der Waals surface area contributed by atoms with Crippen LogP contribution in [0.5, 0.6) is 5.75 Å². The Bertz CT molecular complexity index is 612. The normalized spacial score (nSPS) is 10.5. The molecule has 21 heavy (non-hydrogen) atoms. The second-order valence-corrected chi connectivity index (χ2v) is 4.44. The molecule has 0 bridgehead atoms. The van der Waals surface area contributed by atoms with E-state index in [1.54, 1.807) is 6.07 Å². The number of azo groups is 1. The van der Waals surface area contributed by atoms with E-state index in [1.165, 1.54) is 6.26 Å². The van der Waals surface area contributed by atoms with Crippen LogP contribution in [0, 0.1) is 0 Å². The number of nitrogens with zero attached hydrogens (tertiary/aromatic N) is 2. The highest BCUT2D eigenvalue weighted by atomic mass is 35.5. The standard InChI is InChI=1S/C16H15ClN2O2/c1-2-20-11-12-21-14-9-7-13(8-10-14)18-19-16-6-4-3-5-15(16)17/h2-10H,1,11-12H2/b19-18+. The molecule has 0 heterocycles.